The highest BCUT2D eigenvalue weighted by Crippen LogP contribution is 2.02. The minimum Gasteiger partial charge on any atom is -0.103 e. The van der Waals surface area contributed by atoms with E-state index in [-0.39, 0.29) is 0 Å². The first kappa shape index (κ1) is 10.6. The van der Waals surface area contributed by atoms with Crippen molar-refractivity contribution < 1.29 is 0 Å². The second kappa shape index (κ2) is 6.28. The summed E-state index contributed by atoms with van der Waals surface area (Å²) >= 11 is 0. The lowest BCUT2D eigenvalue weighted by Gasteiger charge is -1.98. The molecule has 0 aliphatic carbocycles. The molecular formula is C11H19. The normalized spacial score (nSPS) is 12.5. The highest BCUT2D eigenvalue weighted by molar-refractivity contribution is 5.02. The van der Waals surface area contributed by atoms with E-state index in [9.17, 15) is 0 Å². The summed E-state index contributed by atoms with van der Waals surface area (Å²) in [4.78, 5) is 0. The summed E-state index contributed by atoms with van der Waals surface area (Å²) < 4.78 is 0. The molecule has 0 saturated heterocycles. The van der Waals surface area contributed by atoms with Gasteiger partial charge in [-0.1, -0.05) is 27.7 Å². The first-order valence-electron chi connectivity index (χ1n) is 4.48. The van der Waals surface area contributed by atoms with Crippen LogP contribution in [-0.4, -0.2) is 0 Å². The van der Waals surface area contributed by atoms with E-state index in [1.54, 1.807) is 0 Å². The number of rotatable bonds is 3. The van der Waals surface area contributed by atoms with E-state index in [1.165, 1.54) is 0 Å². The van der Waals surface area contributed by atoms with Gasteiger partial charge in [-0.2, -0.15) is 0 Å². The zero-order valence-corrected chi connectivity index (χ0v) is 7.98. The van der Waals surface area contributed by atoms with Crippen LogP contribution in [0.15, 0.2) is 0 Å². The maximum absolute atomic E-state index is 3.91. The summed E-state index contributed by atoms with van der Waals surface area (Å²) in [6.07, 6.45) is 3.30. The molecule has 0 aromatic heterocycles. The van der Waals surface area contributed by atoms with Crippen LogP contribution >= 0.6 is 0 Å². The Hall–Kier alpha value is -0.440. The maximum Gasteiger partial charge on any atom is 0.0171 e. The third kappa shape index (κ3) is 7.46. The average Bonchev–Trinajstić information content (AvgIpc) is 1.97. The van der Waals surface area contributed by atoms with Crippen molar-refractivity contribution in [3.05, 3.63) is 6.92 Å². The number of hydrogen-bond donors (Lipinski definition) is 0. The number of hydrogen-bond acceptors (Lipinski definition) is 0. The van der Waals surface area contributed by atoms with Crippen molar-refractivity contribution in [3.63, 3.8) is 0 Å². The maximum atomic E-state index is 3.91. The van der Waals surface area contributed by atoms with Crippen LogP contribution in [-0.2, 0) is 0 Å². The smallest absolute Gasteiger partial charge is 0.0171 e. The van der Waals surface area contributed by atoms with Crippen molar-refractivity contribution in [1.82, 2.24) is 0 Å². The molecule has 0 N–H and O–H groups in total. The van der Waals surface area contributed by atoms with Crippen LogP contribution < -0.4 is 0 Å². The summed E-state index contributed by atoms with van der Waals surface area (Å²) in [6, 6.07) is 0. The lowest BCUT2D eigenvalue weighted by atomic mass is 10.1. The molecule has 2 atom stereocenters. The van der Waals surface area contributed by atoms with E-state index >= 15 is 0 Å². The Morgan fingerprint density at radius 3 is 2.45 bits per heavy atom. The minimum atomic E-state index is 0.543. The van der Waals surface area contributed by atoms with Gasteiger partial charge in [0.15, 0.2) is 0 Å². The van der Waals surface area contributed by atoms with E-state index in [2.05, 4.69) is 39.5 Å². The van der Waals surface area contributed by atoms with Crippen LogP contribution in [0.3, 0.4) is 0 Å². The molecule has 0 nitrogen and oxygen atoms in total. The lowest BCUT2D eigenvalue weighted by Crippen LogP contribution is -1.87. The molecule has 0 spiro atoms. The van der Waals surface area contributed by atoms with E-state index in [4.69, 9.17) is 0 Å². The van der Waals surface area contributed by atoms with Gasteiger partial charge in [-0.25, -0.2) is 0 Å². The Morgan fingerprint density at radius 2 is 2.00 bits per heavy atom. The van der Waals surface area contributed by atoms with Gasteiger partial charge in [-0.05, 0) is 18.8 Å². The van der Waals surface area contributed by atoms with Crippen LogP contribution in [0, 0.1) is 30.6 Å². The standard InChI is InChI=1S/C11H19/c1-5-11(4)9-7-6-8-10(2)3/h10-11H,2,5-6,8H2,1,3-4H3. The second-order valence-corrected chi connectivity index (χ2v) is 3.27. The molecule has 2 unspecified atom stereocenters. The molecule has 1 radical (unpaired) electrons. The lowest BCUT2D eigenvalue weighted by molar-refractivity contribution is 0.658. The summed E-state index contributed by atoms with van der Waals surface area (Å²) in [5, 5.41) is 0. The van der Waals surface area contributed by atoms with Crippen molar-refractivity contribution in [2.45, 2.75) is 40.0 Å². The fourth-order valence-electron chi connectivity index (χ4n) is 0.667. The molecule has 0 amide bonds. The molecule has 0 heterocycles. The van der Waals surface area contributed by atoms with Crippen molar-refractivity contribution in [2.24, 2.45) is 11.8 Å². The zero-order valence-electron chi connectivity index (χ0n) is 7.98. The Labute approximate surface area is 71.4 Å². The van der Waals surface area contributed by atoms with E-state index < -0.39 is 0 Å². The molecule has 11 heavy (non-hydrogen) atoms. The van der Waals surface area contributed by atoms with Gasteiger partial charge in [-0.3, -0.25) is 0 Å². The van der Waals surface area contributed by atoms with Crippen LogP contribution in [0.2, 0.25) is 0 Å². The van der Waals surface area contributed by atoms with Gasteiger partial charge in [0.05, 0.1) is 0 Å². The molecule has 0 rings (SSSR count). The predicted octanol–water partition coefficient (Wildman–Crippen LogP) is 3.29. The summed E-state index contributed by atoms with van der Waals surface area (Å²) in [7, 11) is 0. The van der Waals surface area contributed by atoms with E-state index in [0.717, 1.165) is 19.3 Å². The summed E-state index contributed by atoms with van der Waals surface area (Å²) in [5.41, 5.74) is 0. The average molecular weight is 151 g/mol. The first-order chi connectivity index (χ1) is 5.16. The monoisotopic (exact) mass is 151 g/mol. The van der Waals surface area contributed by atoms with Gasteiger partial charge in [0.25, 0.3) is 0 Å². The molecule has 0 aromatic carbocycles. The molecule has 0 aromatic rings. The van der Waals surface area contributed by atoms with Crippen molar-refractivity contribution in [3.8, 4) is 11.8 Å². The topological polar surface area (TPSA) is 0 Å². The second-order valence-electron chi connectivity index (χ2n) is 3.27. The van der Waals surface area contributed by atoms with Gasteiger partial charge in [-0.15, -0.1) is 11.8 Å². The molecule has 0 aliphatic heterocycles. The van der Waals surface area contributed by atoms with Gasteiger partial charge >= 0.3 is 0 Å². The van der Waals surface area contributed by atoms with Gasteiger partial charge in [0.2, 0.25) is 0 Å². The van der Waals surface area contributed by atoms with Crippen LogP contribution in [0.4, 0.5) is 0 Å². The highest BCUT2D eigenvalue weighted by Gasteiger charge is 1.91. The molecule has 0 heteroatoms. The zero-order chi connectivity index (χ0) is 8.69. The first-order valence-corrected chi connectivity index (χ1v) is 4.48. The fourth-order valence-corrected chi connectivity index (χ4v) is 0.667. The Balaban J connectivity index is 3.40. The third-order valence-electron chi connectivity index (χ3n) is 1.72. The molecule has 0 bridgehead atoms. The molecular weight excluding hydrogens is 132 g/mol. The van der Waals surface area contributed by atoms with Crippen molar-refractivity contribution in [1.29, 1.82) is 0 Å². The summed E-state index contributed by atoms with van der Waals surface area (Å²) in [5.74, 6) is 7.50. The molecule has 0 saturated carbocycles. The predicted molar refractivity (Wildman–Crippen MR) is 51.0 cm³/mol. The van der Waals surface area contributed by atoms with E-state index in [0.29, 0.717) is 11.8 Å². The van der Waals surface area contributed by atoms with Gasteiger partial charge in [0, 0.05) is 12.3 Å². The van der Waals surface area contributed by atoms with E-state index in [1.807, 2.05) is 0 Å². The van der Waals surface area contributed by atoms with Crippen molar-refractivity contribution >= 4 is 0 Å². The Morgan fingerprint density at radius 1 is 1.36 bits per heavy atom. The van der Waals surface area contributed by atoms with Gasteiger partial charge in [0.1, 0.15) is 0 Å². The van der Waals surface area contributed by atoms with Gasteiger partial charge < -0.3 is 0 Å². The van der Waals surface area contributed by atoms with Crippen molar-refractivity contribution in [2.75, 3.05) is 0 Å². The quantitative estimate of drug-likeness (QED) is 0.543. The fraction of sp³-hybridized carbons (Fsp3) is 0.727. The Kier molecular flexibility index (Phi) is 6.03. The highest BCUT2D eigenvalue weighted by atomic mass is 14.0. The molecule has 0 fully saturated rings. The van der Waals surface area contributed by atoms with Crippen LogP contribution in [0.1, 0.15) is 40.0 Å². The molecule has 0 aliphatic rings. The van der Waals surface area contributed by atoms with Crippen LogP contribution in [0.25, 0.3) is 0 Å². The minimum absolute atomic E-state index is 0.543. The van der Waals surface area contributed by atoms with Crippen LogP contribution in [0.5, 0.6) is 0 Å². The third-order valence-corrected chi connectivity index (χ3v) is 1.72. The SMILES string of the molecule is [CH2]C(C)CCC#CC(C)CC. The Bertz CT molecular complexity index is 134. The molecule has 63 valence electrons. The largest absolute Gasteiger partial charge is 0.103 e. The summed E-state index contributed by atoms with van der Waals surface area (Å²) in [6.45, 7) is 10.4.